The standard InChI is InChI=1S/C22H22FN3O7S/c1-21(20(28)25-30,34(2,31)32)8-9-26-14-24-18-10-15(17(23)11-16(18)19(26)27)6-4-3-5-7-22(29)12-33-13-22/h10-11,14,29-30H,7-9,12-13H2,1-2H3,(H,25,28). The Kier molecular flexibility index (Phi) is 7.10. The summed E-state index contributed by atoms with van der Waals surface area (Å²) in [6.45, 7) is 1.32. The van der Waals surface area contributed by atoms with Crippen molar-refractivity contribution in [2.24, 2.45) is 0 Å². The molecule has 12 heteroatoms. The van der Waals surface area contributed by atoms with E-state index in [-0.39, 0.29) is 49.1 Å². The molecule has 1 aromatic heterocycles. The second-order valence-electron chi connectivity index (χ2n) is 8.23. The van der Waals surface area contributed by atoms with Gasteiger partial charge in [-0.05, 0) is 43.2 Å². The van der Waals surface area contributed by atoms with E-state index in [9.17, 15) is 27.5 Å². The lowest BCUT2D eigenvalue weighted by molar-refractivity contribution is -0.174. The molecule has 0 saturated carbocycles. The van der Waals surface area contributed by atoms with Gasteiger partial charge in [-0.2, -0.15) is 0 Å². The molecule has 1 amide bonds. The van der Waals surface area contributed by atoms with Crippen LogP contribution < -0.4 is 11.0 Å². The number of carbonyl (C=O) groups excluding carboxylic acids is 1. The van der Waals surface area contributed by atoms with E-state index in [0.717, 1.165) is 30.1 Å². The number of nitrogens with one attached hydrogen (secondary N) is 1. The second kappa shape index (κ2) is 9.52. The van der Waals surface area contributed by atoms with E-state index in [1.807, 2.05) is 0 Å². The first-order valence-electron chi connectivity index (χ1n) is 10.0. The largest absolute Gasteiger partial charge is 0.384 e. The van der Waals surface area contributed by atoms with Gasteiger partial charge in [-0.25, -0.2) is 23.3 Å². The monoisotopic (exact) mass is 491 g/mol. The van der Waals surface area contributed by atoms with Crippen molar-refractivity contribution >= 4 is 26.6 Å². The summed E-state index contributed by atoms with van der Waals surface area (Å²) in [6, 6.07) is 2.27. The van der Waals surface area contributed by atoms with Crippen LogP contribution in [0, 0.1) is 29.5 Å². The van der Waals surface area contributed by atoms with Gasteiger partial charge in [-0.1, -0.05) is 5.92 Å². The van der Waals surface area contributed by atoms with Gasteiger partial charge in [0.2, 0.25) is 0 Å². The van der Waals surface area contributed by atoms with E-state index in [1.54, 1.807) is 0 Å². The summed E-state index contributed by atoms with van der Waals surface area (Å²) in [6.07, 6.45) is 1.84. The zero-order chi connectivity index (χ0) is 25.1. The minimum Gasteiger partial charge on any atom is -0.384 e. The van der Waals surface area contributed by atoms with Crippen LogP contribution in [0.5, 0.6) is 0 Å². The Balaban J connectivity index is 1.84. The van der Waals surface area contributed by atoms with Crippen LogP contribution in [0.15, 0.2) is 23.3 Å². The van der Waals surface area contributed by atoms with Crippen LogP contribution in [0.4, 0.5) is 4.39 Å². The maximum atomic E-state index is 14.5. The van der Waals surface area contributed by atoms with Crippen LogP contribution in [0.3, 0.4) is 0 Å². The molecule has 1 aliphatic rings. The van der Waals surface area contributed by atoms with Gasteiger partial charge in [0.25, 0.3) is 11.5 Å². The SMILES string of the molecule is CC(CCn1cnc2cc(C#CC#CCC3(O)COC3)c(F)cc2c1=O)(C(=O)NO)S(C)(=O)=O. The van der Waals surface area contributed by atoms with Crippen LogP contribution >= 0.6 is 0 Å². The lowest BCUT2D eigenvalue weighted by Crippen LogP contribution is -2.50. The summed E-state index contributed by atoms with van der Waals surface area (Å²) < 4.78 is 42.7. The normalized spacial score (nSPS) is 16.3. The molecule has 1 fully saturated rings. The molecule has 1 unspecified atom stereocenters. The fourth-order valence-corrected chi connectivity index (χ4v) is 3.99. The highest BCUT2D eigenvalue weighted by molar-refractivity contribution is 7.92. The molecule has 1 saturated heterocycles. The maximum Gasteiger partial charge on any atom is 0.264 e. The number of aromatic nitrogens is 2. The smallest absolute Gasteiger partial charge is 0.264 e. The van der Waals surface area contributed by atoms with E-state index >= 15 is 0 Å². The fraction of sp³-hybridized carbons (Fsp3) is 0.409. The number of aryl methyl sites for hydroxylation is 1. The second-order valence-corrected chi connectivity index (χ2v) is 10.7. The number of halogens is 1. The molecule has 1 aliphatic heterocycles. The number of sulfone groups is 1. The Morgan fingerprint density at radius 1 is 1.38 bits per heavy atom. The highest BCUT2D eigenvalue weighted by Gasteiger charge is 2.43. The summed E-state index contributed by atoms with van der Waals surface area (Å²) >= 11 is 0. The molecule has 0 aliphatic carbocycles. The van der Waals surface area contributed by atoms with Crippen molar-refractivity contribution in [3.8, 4) is 23.7 Å². The van der Waals surface area contributed by atoms with Crippen LogP contribution in [0.2, 0.25) is 0 Å². The van der Waals surface area contributed by atoms with Gasteiger partial charge in [-0.3, -0.25) is 19.4 Å². The molecule has 2 heterocycles. The van der Waals surface area contributed by atoms with E-state index in [4.69, 9.17) is 9.94 Å². The number of rotatable bonds is 6. The van der Waals surface area contributed by atoms with Gasteiger partial charge >= 0.3 is 0 Å². The summed E-state index contributed by atoms with van der Waals surface area (Å²) in [5.41, 5.74) is -0.131. The predicted molar refractivity (Wildman–Crippen MR) is 119 cm³/mol. The first-order valence-corrected chi connectivity index (χ1v) is 11.9. The molecule has 1 atom stereocenters. The number of nitrogens with zero attached hydrogens (tertiary/aromatic N) is 2. The van der Waals surface area contributed by atoms with E-state index in [1.165, 1.54) is 11.5 Å². The molecule has 34 heavy (non-hydrogen) atoms. The van der Waals surface area contributed by atoms with E-state index in [2.05, 4.69) is 28.7 Å². The van der Waals surface area contributed by atoms with Crippen molar-refractivity contribution in [3.05, 3.63) is 40.2 Å². The Bertz CT molecular complexity index is 1430. The van der Waals surface area contributed by atoms with Crippen LogP contribution in [0.1, 0.15) is 25.3 Å². The number of hydrogen-bond donors (Lipinski definition) is 3. The van der Waals surface area contributed by atoms with Gasteiger partial charge in [-0.15, -0.1) is 0 Å². The highest BCUT2D eigenvalue weighted by atomic mass is 32.2. The third-order valence-electron chi connectivity index (χ3n) is 5.65. The van der Waals surface area contributed by atoms with Gasteiger partial charge in [0.05, 0.1) is 36.0 Å². The molecule has 1 aromatic carbocycles. The fourth-order valence-electron chi connectivity index (χ4n) is 3.14. The minimum absolute atomic E-state index is 0.0265. The molecule has 0 radical (unpaired) electrons. The van der Waals surface area contributed by atoms with Crippen LogP contribution in [-0.4, -0.2) is 64.0 Å². The number of carbonyl (C=O) groups is 1. The van der Waals surface area contributed by atoms with E-state index < -0.39 is 37.5 Å². The van der Waals surface area contributed by atoms with Crippen molar-refractivity contribution in [2.45, 2.75) is 36.7 Å². The summed E-state index contributed by atoms with van der Waals surface area (Å²) in [7, 11) is -3.95. The third-order valence-corrected chi connectivity index (χ3v) is 7.68. The Hall–Kier alpha value is -3.29. The van der Waals surface area contributed by atoms with Crippen LogP contribution in [0.25, 0.3) is 10.9 Å². The number of hydroxylamine groups is 1. The topological polar surface area (TPSA) is 148 Å². The molecule has 2 aromatic rings. The zero-order valence-electron chi connectivity index (χ0n) is 18.4. The molecule has 180 valence electrons. The number of hydrogen-bond acceptors (Lipinski definition) is 8. The molecule has 10 nitrogen and oxygen atoms in total. The predicted octanol–water partition coefficient (Wildman–Crippen LogP) is -0.259. The Labute approximate surface area is 194 Å². The molecule has 3 rings (SSSR count). The summed E-state index contributed by atoms with van der Waals surface area (Å²) in [5, 5.41) is 18.7. The lowest BCUT2D eigenvalue weighted by atomic mass is 9.99. The zero-order valence-corrected chi connectivity index (χ0v) is 19.2. The number of aliphatic hydroxyl groups is 1. The average Bonchev–Trinajstić information content (AvgIpc) is 2.76. The van der Waals surface area contributed by atoms with Crippen molar-refractivity contribution < 1.29 is 32.7 Å². The van der Waals surface area contributed by atoms with Gasteiger partial charge < -0.3 is 9.84 Å². The Morgan fingerprint density at radius 2 is 2.09 bits per heavy atom. The van der Waals surface area contributed by atoms with Gasteiger partial charge in [0.1, 0.15) is 11.4 Å². The Morgan fingerprint density at radius 3 is 2.68 bits per heavy atom. The third kappa shape index (κ3) is 5.11. The summed E-state index contributed by atoms with van der Waals surface area (Å²) in [5.74, 6) is 8.35. The van der Waals surface area contributed by atoms with Crippen molar-refractivity contribution in [1.82, 2.24) is 15.0 Å². The molecular formula is C22H22FN3O7S. The van der Waals surface area contributed by atoms with Crippen molar-refractivity contribution in [3.63, 3.8) is 0 Å². The maximum absolute atomic E-state index is 14.5. The minimum atomic E-state index is -3.95. The number of amides is 1. The number of benzene rings is 1. The average molecular weight is 491 g/mol. The van der Waals surface area contributed by atoms with Crippen molar-refractivity contribution in [1.29, 1.82) is 0 Å². The van der Waals surface area contributed by atoms with Crippen molar-refractivity contribution in [2.75, 3.05) is 19.5 Å². The molecular weight excluding hydrogens is 469 g/mol. The molecule has 3 N–H and O–H groups in total. The van der Waals surface area contributed by atoms with E-state index in [0.29, 0.717) is 0 Å². The molecule has 0 bridgehead atoms. The van der Waals surface area contributed by atoms with Crippen LogP contribution in [-0.2, 0) is 25.9 Å². The summed E-state index contributed by atoms with van der Waals surface area (Å²) in [4.78, 5) is 28.8. The highest BCUT2D eigenvalue weighted by Crippen LogP contribution is 2.22. The quantitative estimate of drug-likeness (QED) is 0.284. The first-order chi connectivity index (χ1) is 15.9. The first kappa shape index (κ1) is 25.3. The van der Waals surface area contributed by atoms with Gasteiger partial charge in [0, 0.05) is 19.2 Å². The lowest BCUT2D eigenvalue weighted by Gasteiger charge is -2.34. The number of ether oxygens (including phenoxy) is 1. The van der Waals surface area contributed by atoms with Gasteiger partial charge in [0.15, 0.2) is 14.6 Å². The number of fused-ring (bicyclic) bond motifs is 1. The molecule has 0 spiro atoms.